The number of likely N-dealkylation sites (tertiary alicyclic amines) is 2. The summed E-state index contributed by atoms with van der Waals surface area (Å²) in [5.74, 6) is -13.5. The molecule has 2 aliphatic rings. The van der Waals surface area contributed by atoms with Gasteiger partial charge in [-0.2, -0.15) is 25.3 Å². The Morgan fingerprint density at radius 3 is 1.28 bits per heavy atom. The molecule has 0 aromatic rings. The number of aliphatic hydroxyl groups is 2. The van der Waals surface area contributed by atoms with Crippen LogP contribution in [0.15, 0.2) is 0 Å². The molecule has 0 bridgehead atoms. The molecule has 31 heteroatoms. The molecule has 0 radical (unpaired) electrons. The van der Waals surface area contributed by atoms with Crippen molar-refractivity contribution in [2.24, 2.45) is 5.73 Å². The summed E-state index contributed by atoms with van der Waals surface area (Å²) in [6, 6.07) is -16.6. The van der Waals surface area contributed by atoms with E-state index in [1.54, 1.807) is 0 Å². The SMILES string of the molecule is C[C@H](N)C(=O)N1CCC[C@H]1C(=O)N[C@@H](C)C(=O)N[C@@H](C)C(=O)N[C@@H](C)C(=O)N[C@@H](CC(=O)O)C(=O)N[C@H](C(=O)N1CCC[C@H]1C(=O)N[C@H](C(=O)N[C@@H](C)C(=O)N[C@@H](CS)C(=O)N[C@@H](CS)C(=O)O)[C@@H](C)O)[C@@H](C)O. The van der Waals surface area contributed by atoms with Gasteiger partial charge in [0.25, 0.3) is 0 Å². The number of rotatable bonds is 27. The maximum absolute atomic E-state index is 13.9. The van der Waals surface area contributed by atoms with E-state index in [0.29, 0.717) is 19.4 Å². The van der Waals surface area contributed by atoms with Crippen molar-refractivity contribution in [1.82, 2.24) is 57.7 Å². The van der Waals surface area contributed by atoms with Gasteiger partial charge in [-0.3, -0.25) is 57.5 Å². The van der Waals surface area contributed by atoms with Gasteiger partial charge in [0.1, 0.15) is 66.5 Å². The van der Waals surface area contributed by atoms with Crippen LogP contribution >= 0.6 is 25.3 Å². The maximum Gasteiger partial charge on any atom is 0.327 e. The third-order valence-electron chi connectivity index (χ3n) is 11.8. The largest absolute Gasteiger partial charge is 0.481 e. The number of nitrogens with one attached hydrogen (secondary N) is 9. The summed E-state index contributed by atoms with van der Waals surface area (Å²) in [6.07, 6.45) is -3.26. The van der Waals surface area contributed by atoms with Crippen LogP contribution in [0.3, 0.4) is 0 Å². The minimum absolute atomic E-state index is 0.00908. The van der Waals surface area contributed by atoms with E-state index in [2.05, 4.69) is 73.1 Å². The number of thiol groups is 2. The number of hydrogen-bond acceptors (Lipinski definition) is 18. The van der Waals surface area contributed by atoms with Crippen molar-refractivity contribution >= 4 is 102 Å². The first-order valence-corrected chi connectivity index (χ1v) is 24.9. The van der Waals surface area contributed by atoms with Gasteiger partial charge in [0, 0.05) is 24.6 Å². The quantitative estimate of drug-likeness (QED) is 0.0340. The van der Waals surface area contributed by atoms with Gasteiger partial charge in [-0.15, -0.1) is 0 Å². The topological polar surface area (TPSA) is 444 Å². The summed E-state index contributed by atoms with van der Waals surface area (Å²) < 4.78 is 0. The zero-order chi connectivity index (χ0) is 56.5. The number of carbonyl (C=O) groups excluding carboxylic acids is 11. The molecule has 0 spiro atoms. The number of carbonyl (C=O) groups is 13. The molecule has 2 heterocycles. The Labute approximate surface area is 436 Å². The van der Waals surface area contributed by atoms with E-state index in [1.165, 1.54) is 39.5 Å². The van der Waals surface area contributed by atoms with Gasteiger partial charge in [0.05, 0.1) is 24.7 Å². The standard InChI is InChI=1S/C43H70N12O17S2/c1-17(44)41(69)54-12-8-10-27(54)38(66)47-19(3)33(61)45-18(2)32(60)46-20(4)34(62)49-24(14-29(58)59)36(64)53-31(23(7)57)42(70)55-13-9-11-28(55)39(67)52-30(22(6)56)40(68)48-21(5)35(63)50-25(15-73)37(65)51-26(16-74)43(71)72/h17-28,30-31,56-57,73-74H,8-16,44H2,1-7H3,(H,45,61)(H,46,60)(H,47,66)(H,48,68)(H,49,62)(H,50,63)(H,51,65)(H,52,67)(H,53,64)(H,58,59)(H,71,72)/t17-,18-,19-,20-,21-,22+,23+,24-,25-,26-,27-,28-,30-,31-/m0/s1. The Morgan fingerprint density at radius 2 is 0.865 bits per heavy atom. The van der Waals surface area contributed by atoms with E-state index < -0.39 is 168 Å². The summed E-state index contributed by atoms with van der Waals surface area (Å²) in [7, 11) is 0. The Bertz CT molecular complexity index is 2120. The van der Waals surface area contributed by atoms with Gasteiger partial charge in [0.15, 0.2) is 0 Å². The van der Waals surface area contributed by atoms with Crippen LogP contribution in [0.5, 0.6) is 0 Å². The molecule has 74 heavy (non-hydrogen) atoms. The molecule has 11 amide bonds. The van der Waals surface area contributed by atoms with Crippen LogP contribution in [0, 0.1) is 0 Å². The van der Waals surface area contributed by atoms with E-state index >= 15 is 0 Å². The number of hydrogen-bond donors (Lipinski definition) is 16. The monoisotopic (exact) mass is 1090 g/mol. The number of aliphatic hydroxyl groups excluding tert-OH is 2. The number of carboxylic acid groups (broad SMARTS) is 2. The van der Waals surface area contributed by atoms with E-state index in [9.17, 15) is 82.8 Å². The maximum atomic E-state index is 13.9. The molecule has 0 saturated carbocycles. The second-order valence-electron chi connectivity index (χ2n) is 18.0. The minimum Gasteiger partial charge on any atom is -0.481 e. The van der Waals surface area contributed by atoms with Crippen LogP contribution in [0.2, 0.25) is 0 Å². The average Bonchev–Trinajstić information content (AvgIpc) is 4.03. The van der Waals surface area contributed by atoms with E-state index in [0.717, 1.165) is 18.7 Å². The van der Waals surface area contributed by atoms with Crippen LogP contribution in [-0.4, -0.2) is 216 Å². The summed E-state index contributed by atoms with van der Waals surface area (Å²) >= 11 is 7.88. The molecule has 2 rings (SSSR count). The van der Waals surface area contributed by atoms with Crippen LogP contribution < -0.4 is 53.6 Å². The number of nitrogens with zero attached hydrogens (tertiary/aromatic N) is 2. The second-order valence-corrected chi connectivity index (χ2v) is 18.8. The molecule has 416 valence electrons. The molecule has 14 atom stereocenters. The highest BCUT2D eigenvalue weighted by atomic mass is 32.1. The molecular weight excluding hydrogens is 1020 g/mol. The first-order valence-electron chi connectivity index (χ1n) is 23.6. The van der Waals surface area contributed by atoms with Crippen molar-refractivity contribution in [2.75, 3.05) is 24.6 Å². The zero-order valence-corrected chi connectivity index (χ0v) is 43.7. The highest BCUT2D eigenvalue weighted by Crippen LogP contribution is 2.21. The number of nitrogens with two attached hydrogens (primary N) is 1. The number of aliphatic carboxylic acids is 2. The van der Waals surface area contributed by atoms with Crippen LogP contribution in [0.25, 0.3) is 0 Å². The van der Waals surface area contributed by atoms with Crippen molar-refractivity contribution in [2.45, 2.75) is 165 Å². The third kappa shape index (κ3) is 18.6. The summed E-state index contributed by atoms with van der Waals surface area (Å²) in [6.45, 7) is 8.92. The van der Waals surface area contributed by atoms with Gasteiger partial charge < -0.3 is 83.8 Å². The van der Waals surface area contributed by atoms with Gasteiger partial charge in [-0.25, -0.2) is 4.79 Å². The Morgan fingerprint density at radius 1 is 0.486 bits per heavy atom. The van der Waals surface area contributed by atoms with Crippen LogP contribution in [0.4, 0.5) is 0 Å². The van der Waals surface area contributed by atoms with Crippen molar-refractivity contribution in [1.29, 1.82) is 0 Å². The van der Waals surface area contributed by atoms with Gasteiger partial charge >= 0.3 is 11.9 Å². The van der Waals surface area contributed by atoms with Gasteiger partial charge in [0.2, 0.25) is 65.0 Å². The van der Waals surface area contributed by atoms with Crippen molar-refractivity contribution < 1.29 is 82.8 Å². The third-order valence-corrected chi connectivity index (χ3v) is 12.5. The summed E-state index contributed by atoms with van der Waals surface area (Å²) in [4.78, 5) is 170. The van der Waals surface area contributed by atoms with Gasteiger partial charge in [-0.05, 0) is 74.1 Å². The average molecular weight is 1090 g/mol. The molecular formula is C43H70N12O17S2. The molecule has 0 aromatic heterocycles. The lowest BCUT2D eigenvalue weighted by Crippen LogP contribution is -2.62. The fourth-order valence-corrected chi connectivity index (χ4v) is 8.03. The highest BCUT2D eigenvalue weighted by Gasteiger charge is 2.42. The fraction of sp³-hybridized carbons (Fsp3) is 0.698. The van der Waals surface area contributed by atoms with E-state index in [4.69, 9.17) is 5.73 Å². The molecule has 2 aliphatic heterocycles. The summed E-state index contributed by atoms with van der Waals surface area (Å²) in [5, 5.41) is 60.7. The van der Waals surface area contributed by atoms with E-state index in [-0.39, 0.29) is 30.9 Å². The van der Waals surface area contributed by atoms with Crippen molar-refractivity contribution in [3.63, 3.8) is 0 Å². The predicted octanol–water partition coefficient (Wildman–Crippen LogP) is -7.06. The zero-order valence-electron chi connectivity index (χ0n) is 41.9. The van der Waals surface area contributed by atoms with E-state index in [1.807, 2.05) is 0 Å². The normalized spacial score (nSPS) is 20.1. The molecule has 2 saturated heterocycles. The van der Waals surface area contributed by atoms with Crippen LogP contribution in [0.1, 0.15) is 80.6 Å². The molecule has 2 fully saturated rings. The van der Waals surface area contributed by atoms with Gasteiger partial charge in [-0.1, -0.05) is 0 Å². The first-order chi connectivity index (χ1) is 34.5. The lowest BCUT2D eigenvalue weighted by atomic mass is 10.1. The Hall–Kier alpha value is -6.31. The lowest BCUT2D eigenvalue weighted by Gasteiger charge is -2.32. The predicted molar refractivity (Wildman–Crippen MR) is 264 cm³/mol. The van der Waals surface area contributed by atoms with Crippen molar-refractivity contribution in [3.8, 4) is 0 Å². The second kappa shape index (κ2) is 29.5. The number of carboxylic acids is 2. The number of amides is 11. The summed E-state index contributed by atoms with van der Waals surface area (Å²) in [5.41, 5.74) is 5.69. The molecule has 0 aromatic carbocycles. The van der Waals surface area contributed by atoms with Crippen LogP contribution in [-0.2, 0) is 62.3 Å². The molecule has 0 aliphatic carbocycles. The first kappa shape index (κ1) is 63.8. The fourth-order valence-electron chi connectivity index (χ4n) is 7.52. The lowest BCUT2D eigenvalue weighted by molar-refractivity contribution is -0.146. The minimum atomic E-state index is -1.91. The molecule has 15 N–H and O–H groups in total. The van der Waals surface area contributed by atoms with Crippen molar-refractivity contribution in [3.05, 3.63) is 0 Å². The Balaban J connectivity index is 2.09. The highest BCUT2D eigenvalue weighted by molar-refractivity contribution is 7.80. The Kier molecular flexibility index (Phi) is 25.5. The molecule has 29 nitrogen and oxygen atoms in total. The molecule has 0 unspecified atom stereocenters. The smallest absolute Gasteiger partial charge is 0.327 e.